The zero-order chi connectivity index (χ0) is 12.4. The first kappa shape index (κ1) is 11.9. The van der Waals surface area contributed by atoms with Gasteiger partial charge in [0.15, 0.2) is 17.3 Å². The van der Waals surface area contributed by atoms with Crippen LogP contribution in [0.4, 0.5) is 0 Å². The number of nitrogens with zero attached hydrogens (tertiary/aromatic N) is 1. The number of methoxy groups -OCH3 is 1. The molecule has 1 heterocycles. The summed E-state index contributed by atoms with van der Waals surface area (Å²) in [6, 6.07) is 5.23. The lowest BCUT2D eigenvalue weighted by Gasteiger charge is -2.18. The molecule has 17 heavy (non-hydrogen) atoms. The number of Topliss-reactive ketones (excluding diaryl/α,β-unsaturated/α-hetero) is 1. The minimum atomic E-state index is -0.0530. The Kier molecular flexibility index (Phi) is 3.33. The van der Waals surface area contributed by atoms with Gasteiger partial charge in [-0.05, 0) is 31.2 Å². The van der Waals surface area contributed by atoms with Crippen LogP contribution in [0.1, 0.15) is 12.0 Å². The van der Waals surface area contributed by atoms with Gasteiger partial charge in [-0.2, -0.15) is 0 Å². The Balaban J connectivity index is 2.13. The first-order valence-electron chi connectivity index (χ1n) is 5.70. The fraction of sp³-hybridized carbons (Fsp3) is 0.462. The van der Waals surface area contributed by atoms with E-state index in [4.69, 9.17) is 4.74 Å². The highest BCUT2D eigenvalue weighted by Gasteiger charge is 2.29. The average molecular weight is 235 g/mol. The summed E-state index contributed by atoms with van der Waals surface area (Å²) < 4.78 is 4.98. The molecule has 1 N–H and O–H groups in total. The number of carbonyl (C=O) groups excluding carboxylic acids is 1. The van der Waals surface area contributed by atoms with Gasteiger partial charge in [0, 0.05) is 13.0 Å². The molecule has 1 aliphatic rings. The molecule has 0 bridgehead atoms. The van der Waals surface area contributed by atoms with Gasteiger partial charge in [0.1, 0.15) is 0 Å². The Labute approximate surface area is 101 Å². The number of likely N-dealkylation sites (tertiary alicyclic amines) is 1. The lowest BCUT2D eigenvalue weighted by molar-refractivity contribution is -0.119. The number of likely N-dealkylation sites (N-methyl/N-ethyl adjacent to an activating group) is 1. The largest absolute Gasteiger partial charge is 0.504 e. The first-order chi connectivity index (χ1) is 8.11. The molecule has 1 aromatic carbocycles. The molecule has 92 valence electrons. The third kappa shape index (κ3) is 2.42. The predicted octanol–water partition coefficient (Wildman–Crippen LogP) is 1.22. The number of ether oxygens (including phenoxy) is 1. The molecule has 4 nitrogen and oxygen atoms in total. The highest BCUT2D eigenvalue weighted by molar-refractivity contribution is 5.86. The van der Waals surface area contributed by atoms with Gasteiger partial charge in [-0.1, -0.05) is 6.07 Å². The second kappa shape index (κ2) is 4.75. The van der Waals surface area contributed by atoms with Crippen LogP contribution in [0.3, 0.4) is 0 Å². The lowest BCUT2D eigenvalue weighted by atomic mass is 10.0. The minimum Gasteiger partial charge on any atom is -0.504 e. The zero-order valence-electron chi connectivity index (χ0n) is 10.1. The van der Waals surface area contributed by atoms with E-state index in [1.165, 1.54) is 7.11 Å². The van der Waals surface area contributed by atoms with Crippen LogP contribution in [0, 0.1) is 0 Å². The van der Waals surface area contributed by atoms with Crippen LogP contribution in [0.15, 0.2) is 18.2 Å². The molecule has 0 aromatic heterocycles. The number of hydrogen-bond donors (Lipinski definition) is 1. The van der Waals surface area contributed by atoms with E-state index in [0.29, 0.717) is 18.6 Å². The number of rotatable bonds is 3. The smallest absolute Gasteiger partial charge is 0.160 e. The van der Waals surface area contributed by atoms with Gasteiger partial charge >= 0.3 is 0 Å². The molecule has 0 spiro atoms. The molecule has 2 rings (SSSR count). The van der Waals surface area contributed by atoms with E-state index in [0.717, 1.165) is 12.1 Å². The van der Waals surface area contributed by atoms with Crippen molar-refractivity contribution < 1.29 is 14.6 Å². The normalized spacial score (nSPS) is 20.8. The van der Waals surface area contributed by atoms with Crippen LogP contribution in [-0.4, -0.2) is 42.5 Å². The van der Waals surface area contributed by atoms with E-state index in [-0.39, 0.29) is 17.6 Å². The van der Waals surface area contributed by atoms with E-state index in [2.05, 4.69) is 4.90 Å². The molecule has 1 aliphatic heterocycles. The summed E-state index contributed by atoms with van der Waals surface area (Å²) in [6.45, 7) is 0.825. The van der Waals surface area contributed by atoms with Crippen LogP contribution in [0.5, 0.6) is 11.5 Å². The maximum Gasteiger partial charge on any atom is 0.160 e. The van der Waals surface area contributed by atoms with Gasteiger partial charge in [0.2, 0.25) is 0 Å². The van der Waals surface area contributed by atoms with E-state index in [1.807, 2.05) is 13.1 Å². The van der Waals surface area contributed by atoms with Gasteiger partial charge in [0.25, 0.3) is 0 Å². The minimum absolute atomic E-state index is 0.0530. The van der Waals surface area contributed by atoms with Gasteiger partial charge in [-0.15, -0.1) is 0 Å². The van der Waals surface area contributed by atoms with Crippen molar-refractivity contribution in [3.05, 3.63) is 23.8 Å². The molecule has 0 saturated carbocycles. The Morgan fingerprint density at radius 3 is 2.82 bits per heavy atom. The standard InChI is InChI=1S/C13H17NO3/c1-14-6-5-11(15)10(14)7-9-3-4-13(17-2)12(16)8-9/h3-4,8,10,16H,5-7H2,1-2H3. The van der Waals surface area contributed by atoms with Gasteiger partial charge in [-0.25, -0.2) is 0 Å². The van der Waals surface area contributed by atoms with Crippen molar-refractivity contribution in [1.29, 1.82) is 0 Å². The summed E-state index contributed by atoms with van der Waals surface area (Å²) in [5, 5.41) is 9.67. The van der Waals surface area contributed by atoms with Crippen LogP contribution in [0.2, 0.25) is 0 Å². The van der Waals surface area contributed by atoms with E-state index >= 15 is 0 Å². The maximum absolute atomic E-state index is 11.7. The van der Waals surface area contributed by atoms with Crippen molar-refractivity contribution in [2.24, 2.45) is 0 Å². The molecule has 1 unspecified atom stereocenters. The predicted molar refractivity (Wildman–Crippen MR) is 64.4 cm³/mol. The summed E-state index contributed by atoms with van der Waals surface area (Å²) in [5.74, 6) is 0.862. The quantitative estimate of drug-likeness (QED) is 0.855. The number of phenolic OH excluding ortho intramolecular Hbond substituents is 1. The Morgan fingerprint density at radius 1 is 1.53 bits per heavy atom. The number of hydrogen-bond acceptors (Lipinski definition) is 4. The van der Waals surface area contributed by atoms with E-state index < -0.39 is 0 Å². The third-order valence-corrected chi connectivity index (χ3v) is 3.29. The van der Waals surface area contributed by atoms with Crippen molar-refractivity contribution in [3.63, 3.8) is 0 Å². The highest BCUT2D eigenvalue weighted by Crippen LogP contribution is 2.27. The number of aromatic hydroxyl groups is 1. The van der Waals surface area contributed by atoms with E-state index in [9.17, 15) is 9.90 Å². The van der Waals surface area contributed by atoms with Gasteiger partial charge < -0.3 is 9.84 Å². The molecular weight excluding hydrogens is 218 g/mol. The Hall–Kier alpha value is -1.55. The summed E-state index contributed by atoms with van der Waals surface area (Å²) in [6.07, 6.45) is 1.27. The van der Waals surface area contributed by atoms with Gasteiger partial charge in [0.05, 0.1) is 13.2 Å². The third-order valence-electron chi connectivity index (χ3n) is 3.29. The fourth-order valence-corrected chi connectivity index (χ4v) is 2.21. The molecule has 0 aliphatic carbocycles. The monoisotopic (exact) mass is 235 g/mol. The average Bonchev–Trinajstić information content (AvgIpc) is 2.61. The molecule has 0 radical (unpaired) electrons. The van der Waals surface area contributed by atoms with Gasteiger partial charge in [-0.3, -0.25) is 9.69 Å². The second-order valence-electron chi connectivity index (χ2n) is 4.42. The van der Waals surface area contributed by atoms with Crippen LogP contribution in [-0.2, 0) is 11.2 Å². The van der Waals surface area contributed by atoms with E-state index in [1.54, 1.807) is 12.1 Å². The maximum atomic E-state index is 11.7. The Bertz CT molecular complexity index is 431. The van der Waals surface area contributed by atoms with Crippen LogP contribution >= 0.6 is 0 Å². The van der Waals surface area contributed by atoms with Crippen molar-refractivity contribution in [3.8, 4) is 11.5 Å². The van der Waals surface area contributed by atoms with Crippen LogP contribution in [0.25, 0.3) is 0 Å². The van der Waals surface area contributed by atoms with Crippen molar-refractivity contribution in [2.45, 2.75) is 18.9 Å². The number of carbonyl (C=O) groups is 1. The van der Waals surface area contributed by atoms with Crippen molar-refractivity contribution >= 4 is 5.78 Å². The topological polar surface area (TPSA) is 49.8 Å². The van der Waals surface area contributed by atoms with Crippen LogP contribution < -0.4 is 4.74 Å². The Morgan fingerprint density at radius 2 is 2.29 bits per heavy atom. The molecular formula is C13H17NO3. The molecule has 1 saturated heterocycles. The molecule has 1 fully saturated rings. The summed E-state index contributed by atoms with van der Waals surface area (Å²) >= 11 is 0. The summed E-state index contributed by atoms with van der Waals surface area (Å²) in [4.78, 5) is 13.7. The zero-order valence-corrected chi connectivity index (χ0v) is 10.1. The lowest BCUT2D eigenvalue weighted by Crippen LogP contribution is -2.31. The molecule has 1 aromatic rings. The number of ketones is 1. The SMILES string of the molecule is COc1ccc(CC2C(=O)CCN2C)cc1O. The summed E-state index contributed by atoms with van der Waals surface area (Å²) in [5.41, 5.74) is 0.954. The highest BCUT2D eigenvalue weighted by atomic mass is 16.5. The molecule has 0 amide bonds. The number of benzene rings is 1. The van der Waals surface area contributed by atoms with Crippen molar-refractivity contribution in [2.75, 3.05) is 20.7 Å². The molecule has 4 heteroatoms. The second-order valence-corrected chi connectivity index (χ2v) is 4.42. The first-order valence-corrected chi connectivity index (χ1v) is 5.70. The summed E-state index contributed by atoms with van der Waals surface area (Å²) in [7, 11) is 3.47. The number of phenols is 1. The van der Waals surface area contributed by atoms with Crippen molar-refractivity contribution in [1.82, 2.24) is 4.90 Å². The molecule has 1 atom stereocenters. The fourth-order valence-electron chi connectivity index (χ4n) is 2.21.